The van der Waals surface area contributed by atoms with Gasteiger partial charge in [0.25, 0.3) is 0 Å². The molecule has 39 heavy (non-hydrogen) atoms. The van der Waals surface area contributed by atoms with E-state index in [1.807, 2.05) is 91.0 Å². The molecule has 7 heteroatoms. The summed E-state index contributed by atoms with van der Waals surface area (Å²) in [7, 11) is 1.34. The fraction of sp³-hybridized carbons (Fsp3) is 0.406. The fourth-order valence-corrected chi connectivity index (χ4v) is 6.10. The maximum absolute atomic E-state index is 13.0. The summed E-state index contributed by atoms with van der Waals surface area (Å²) >= 11 is 0. The molecule has 3 aromatic carbocycles. The van der Waals surface area contributed by atoms with Gasteiger partial charge in [0.2, 0.25) is 0 Å². The number of aliphatic hydroxyl groups is 2. The lowest BCUT2D eigenvalue weighted by Crippen LogP contribution is -2.52. The third-order valence-electron chi connectivity index (χ3n) is 7.96. The van der Waals surface area contributed by atoms with E-state index in [9.17, 15) is 15.0 Å². The Bertz CT molecular complexity index is 1170. The number of aliphatic hydroxyl groups excluding tert-OH is 2. The highest BCUT2D eigenvalue weighted by molar-refractivity contribution is 5.73. The van der Waals surface area contributed by atoms with Gasteiger partial charge in [-0.25, -0.2) is 0 Å². The Hall–Kier alpha value is -3.07. The molecule has 0 bridgehead atoms. The van der Waals surface area contributed by atoms with Crippen molar-refractivity contribution in [3.05, 3.63) is 108 Å². The van der Waals surface area contributed by atoms with Gasteiger partial charge in [-0.15, -0.1) is 0 Å². The van der Waals surface area contributed by atoms with Crippen LogP contribution in [0, 0.1) is 17.8 Å². The summed E-state index contributed by atoms with van der Waals surface area (Å²) in [6.07, 6.45) is -3.93. The maximum atomic E-state index is 13.0. The molecule has 0 spiro atoms. The van der Waals surface area contributed by atoms with E-state index < -0.39 is 54.2 Å². The summed E-state index contributed by atoms with van der Waals surface area (Å²) in [5, 5.41) is 22.1. The van der Waals surface area contributed by atoms with E-state index in [2.05, 4.69) is 0 Å². The molecule has 2 saturated carbocycles. The molecule has 0 amide bonds. The van der Waals surface area contributed by atoms with Crippen LogP contribution in [-0.4, -0.2) is 53.8 Å². The average molecular weight is 533 g/mol. The molecule has 2 aliphatic carbocycles. The number of hydrogen-bond donors (Lipinski definition) is 2. The highest BCUT2D eigenvalue weighted by Crippen LogP contribution is 2.50. The molecule has 2 fully saturated rings. The van der Waals surface area contributed by atoms with Crippen molar-refractivity contribution in [1.82, 2.24) is 0 Å². The Morgan fingerprint density at radius 1 is 0.667 bits per heavy atom. The molecule has 8 atom stereocenters. The monoisotopic (exact) mass is 532 g/mol. The highest BCUT2D eigenvalue weighted by atomic mass is 16.6. The van der Waals surface area contributed by atoms with Gasteiger partial charge in [0.05, 0.1) is 57.3 Å². The molecule has 2 N–H and O–H groups in total. The summed E-state index contributed by atoms with van der Waals surface area (Å²) < 4.78 is 24.7. The summed E-state index contributed by atoms with van der Waals surface area (Å²) in [5.41, 5.74) is 2.94. The van der Waals surface area contributed by atoms with E-state index in [0.29, 0.717) is 13.2 Å². The number of ether oxygens (including phenoxy) is 4. The Labute approximate surface area is 229 Å². The van der Waals surface area contributed by atoms with Gasteiger partial charge in [0, 0.05) is 11.8 Å². The van der Waals surface area contributed by atoms with Gasteiger partial charge in [-0.2, -0.15) is 0 Å². The van der Waals surface area contributed by atoms with Crippen molar-refractivity contribution in [2.45, 2.75) is 56.8 Å². The third kappa shape index (κ3) is 6.24. The first-order valence-electron chi connectivity index (χ1n) is 13.5. The lowest BCUT2D eigenvalue weighted by Gasteiger charge is -2.41. The molecule has 0 saturated heterocycles. The van der Waals surface area contributed by atoms with Crippen LogP contribution in [-0.2, 0) is 43.6 Å². The molecule has 2 aliphatic rings. The summed E-state index contributed by atoms with van der Waals surface area (Å²) in [4.78, 5) is 13.0. The van der Waals surface area contributed by atoms with E-state index in [0.717, 1.165) is 16.7 Å². The Morgan fingerprint density at radius 3 is 1.51 bits per heavy atom. The minimum atomic E-state index is -1.11. The van der Waals surface area contributed by atoms with Crippen LogP contribution in [0.25, 0.3) is 0 Å². The Morgan fingerprint density at radius 2 is 1.08 bits per heavy atom. The number of rotatable bonds is 10. The minimum Gasteiger partial charge on any atom is -0.469 e. The maximum Gasteiger partial charge on any atom is 0.309 e. The second-order valence-corrected chi connectivity index (χ2v) is 10.4. The number of fused-ring (bicyclic) bond motifs is 1. The van der Waals surface area contributed by atoms with E-state index in [4.69, 9.17) is 18.9 Å². The molecule has 0 unspecified atom stereocenters. The second kappa shape index (κ2) is 12.9. The number of carbonyl (C=O) groups excluding carboxylic acids is 1. The van der Waals surface area contributed by atoms with Crippen molar-refractivity contribution >= 4 is 5.97 Å². The summed E-state index contributed by atoms with van der Waals surface area (Å²) in [6.45, 7) is 0.901. The zero-order chi connectivity index (χ0) is 27.2. The van der Waals surface area contributed by atoms with Crippen LogP contribution in [0.3, 0.4) is 0 Å². The zero-order valence-corrected chi connectivity index (χ0v) is 22.0. The number of methoxy groups -OCH3 is 1. The van der Waals surface area contributed by atoms with Crippen molar-refractivity contribution in [2.75, 3.05) is 7.11 Å². The van der Waals surface area contributed by atoms with Crippen LogP contribution in [0.5, 0.6) is 0 Å². The predicted molar refractivity (Wildman–Crippen MR) is 144 cm³/mol. The molecular formula is C32H36O7. The first-order chi connectivity index (χ1) is 19.1. The molecule has 0 aromatic heterocycles. The van der Waals surface area contributed by atoms with Gasteiger partial charge >= 0.3 is 5.97 Å². The second-order valence-electron chi connectivity index (χ2n) is 10.4. The minimum absolute atomic E-state index is 0.0804. The molecule has 0 heterocycles. The van der Waals surface area contributed by atoms with Gasteiger partial charge in [0.1, 0.15) is 6.10 Å². The van der Waals surface area contributed by atoms with Gasteiger partial charge in [-0.3, -0.25) is 4.79 Å². The standard InChI is InChI=1S/C32H36O7/c1-36-32(35)24-17-25(33)28(34)27-26(24)29(37-18-21-11-5-2-6-12-21)31(39-20-23-15-9-4-10-16-23)30(27)38-19-22-13-7-3-8-14-22/h2-16,24-31,33-34H,17-20H2,1H3/t24-,25-,26+,27-,28-,29-,30+,31+/m0/s1. The van der Waals surface area contributed by atoms with Gasteiger partial charge < -0.3 is 29.2 Å². The van der Waals surface area contributed by atoms with E-state index in [-0.39, 0.29) is 13.0 Å². The quantitative estimate of drug-likeness (QED) is 0.383. The fourth-order valence-electron chi connectivity index (χ4n) is 6.10. The van der Waals surface area contributed by atoms with Crippen LogP contribution < -0.4 is 0 Å². The number of hydrogen-bond acceptors (Lipinski definition) is 7. The lowest BCUT2D eigenvalue weighted by molar-refractivity contribution is -0.168. The molecule has 0 aliphatic heterocycles. The van der Waals surface area contributed by atoms with E-state index in [1.54, 1.807) is 0 Å². The molecule has 5 rings (SSSR count). The SMILES string of the molecule is COC(=O)[C@H]1C[C@H](O)[C@H](O)[C@H]2[C@@H](OCc3ccccc3)[C@H](OCc3ccccc3)[C@@H](OCc3ccccc3)[C@@H]21. The molecule has 0 radical (unpaired) electrons. The largest absolute Gasteiger partial charge is 0.469 e. The van der Waals surface area contributed by atoms with Crippen LogP contribution >= 0.6 is 0 Å². The smallest absolute Gasteiger partial charge is 0.309 e. The summed E-state index contributed by atoms with van der Waals surface area (Å²) in [6, 6.07) is 29.4. The molecule has 206 valence electrons. The lowest BCUT2D eigenvalue weighted by atomic mass is 9.69. The van der Waals surface area contributed by atoms with Crippen LogP contribution in [0.2, 0.25) is 0 Å². The highest BCUT2D eigenvalue weighted by Gasteiger charge is 2.62. The normalized spacial score (nSPS) is 30.0. The number of esters is 1. The van der Waals surface area contributed by atoms with Crippen LogP contribution in [0.4, 0.5) is 0 Å². The average Bonchev–Trinajstić information content (AvgIpc) is 3.30. The van der Waals surface area contributed by atoms with E-state index in [1.165, 1.54) is 7.11 Å². The van der Waals surface area contributed by atoms with Crippen LogP contribution in [0.1, 0.15) is 23.1 Å². The Balaban J connectivity index is 1.49. The van der Waals surface area contributed by atoms with Crippen molar-refractivity contribution in [2.24, 2.45) is 17.8 Å². The van der Waals surface area contributed by atoms with Crippen LogP contribution in [0.15, 0.2) is 91.0 Å². The zero-order valence-electron chi connectivity index (χ0n) is 22.0. The van der Waals surface area contributed by atoms with E-state index >= 15 is 0 Å². The molecule has 3 aromatic rings. The van der Waals surface area contributed by atoms with Crippen molar-refractivity contribution in [3.63, 3.8) is 0 Å². The predicted octanol–water partition coefficient (Wildman–Crippen LogP) is 3.90. The molecule has 7 nitrogen and oxygen atoms in total. The summed E-state index contributed by atoms with van der Waals surface area (Å²) in [5.74, 6) is -2.17. The number of carbonyl (C=O) groups is 1. The van der Waals surface area contributed by atoms with Gasteiger partial charge in [-0.1, -0.05) is 91.0 Å². The topological polar surface area (TPSA) is 94.5 Å². The van der Waals surface area contributed by atoms with Crippen molar-refractivity contribution in [3.8, 4) is 0 Å². The third-order valence-corrected chi connectivity index (χ3v) is 7.96. The Kier molecular flexibility index (Phi) is 9.06. The number of benzene rings is 3. The first-order valence-corrected chi connectivity index (χ1v) is 13.5. The van der Waals surface area contributed by atoms with Gasteiger partial charge in [-0.05, 0) is 23.1 Å². The van der Waals surface area contributed by atoms with Crippen molar-refractivity contribution in [1.29, 1.82) is 0 Å². The van der Waals surface area contributed by atoms with Crippen molar-refractivity contribution < 1.29 is 34.0 Å². The molecular weight excluding hydrogens is 496 g/mol. The van der Waals surface area contributed by atoms with Gasteiger partial charge in [0.15, 0.2) is 0 Å². The first kappa shape index (κ1) is 27.5.